The number of nitrogens with one attached hydrogen (secondary N) is 3. The highest BCUT2D eigenvalue weighted by atomic mass is 16.6. The number of carbonyl (C=O) groups is 4. The molecule has 4 rings (SSSR count). The van der Waals surface area contributed by atoms with Crippen LogP contribution in [0.1, 0.15) is 22.8 Å². The molecule has 2 aliphatic rings. The predicted octanol–water partition coefficient (Wildman–Crippen LogP) is 1.22. The zero-order chi connectivity index (χ0) is 22.9. The Morgan fingerprint density at radius 1 is 1.06 bits per heavy atom. The molecule has 2 aromatic rings. The second-order valence-electron chi connectivity index (χ2n) is 7.51. The number of imide groups is 1. The maximum atomic E-state index is 13.1. The maximum Gasteiger partial charge on any atom is 0.325 e. The van der Waals surface area contributed by atoms with Crippen molar-refractivity contribution >= 4 is 29.4 Å². The number of hydrogen-bond donors (Lipinski definition) is 3. The molecule has 0 aliphatic carbocycles. The van der Waals surface area contributed by atoms with Crippen LogP contribution < -0.4 is 25.4 Å². The van der Waals surface area contributed by atoms with Gasteiger partial charge in [-0.3, -0.25) is 19.3 Å². The maximum absolute atomic E-state index is 13.1. The van der Waals surface area contributed by atoms with Crippen molar-refractivity contribution in [2.24, 2.45) is 0 Å². The first kappa shape index (κ1) is 21.2. The van der Waals surface area contributed by atoms with E-state index >= 15 is 0 Å². The minimum Gasteiger partial charge on any atom is -0.486 e. The minimum atomic E-state index is -1.34. The van der Waals surface area contributed by atoms with Crippen molar-refractivity contribution in [2.45, 2.75) is 12.5 Å². The summed E-state index contributed by atoms with van der Waals surface area (Å²) in [5, 5.41) is 7.79. The highest BCUT2D eigenvalue weighted by Crippen LogP contribution is 2.36. The van der Waals surface area contributed by atoms with Gasteiger partial charge in [0, 0.05) is 18.3 Å². The first-order valence-electron chi connectivity index (χ1n) is 9.98. The number of ether oxygens (including phenoxy) is 2. The summed E-state index contributed by atoms with van der Waals surface area (Å²) in [6.45, 7) is 1.95. The number of benzene rings is 2. The smallest absolute Gasteiger partial charge is 0.325 e. The molecular weight excluding hydrogens is 416 g/mol. The van der Waals surface area contributed by atoms with Crippen LogP contribution in [0.3, 0.4) is 0 Å². The highest BCUT2D eigenvalue weighted by molar-refractivity contribution is 6.10. The first-order valence-corrected chi connectivity index (χ1v) is 9.98. The Balaban J connectivity index is 1.46. The lowest BCUT2D eigenvalue weighted by molar-refractivity contribution is -0.133. The van der Waals surface area contributed by atoms with E-state index < -0.39 is 29.9 Å². The Morgan fingerprint density at radius 2 is 1.75 bits per heavy atom. The number of carbonyl (C=O) groups excluding carboxylic acids is 4. The van der Waals surface area contributed by atoms with Gasteiger partial charge in [-0.25, -0.2) is 4.79 Å². The van der Waals surface area contributed by atoms with Crippen LogP contribution in [-0.4, -0.2) is 55.5 Å². The molecule has 10 heteroatoms. The van der Waals surface area contributed by atoms with Crippen molar-refractivity contribution in [3.63, 3.8) is 0 Å². The number of fused-ring (bicyclic) bond motifs is 1. The summed E-state index contributed by atoms with van der Waals surface area (Å²) >= 11 is 0. The zero-order valence-electron chi connectivity index (χ0n) is 17.6. The van der Waals surface area contributed by atoms with Gasteiger partial charge in [0.05, 0.1) is 0 Å². The van der Waals surface area contributed by atoms with Gasteiger partial charge in [-0.2, -0.15) is 0 Å². The molecule has 5 amide bonds. The molecule has 0 aromatic heterocycles. The minimum absolute atomic E-state index is 0.249. The largest absolute Gasteiger partial charge is 0.486 e. The van der Waals surface area contributed by atoms with Gasteiger partial charge in [0.15, 0.2) is 11.5 Å². The molecule has 2 aromatic carbocycles. The van der Waals surface area contributed by atoms with E-state index in [2.05, 4.69) is 16.0 Å². The Bertz CT molecular complexity index is 1100. The summed E-state index contributed by atoms with van der Waals surface area (Å²) in [5.41, 5.74) is 0.0504. The lowest BCUT2D eigenvalue weighted by Crippen LogP contribution is -2.42. The molecule has 1 saturated heterocycles. The standard InChI is InChI=1S/C22H22N4O6/c1-22(14-5-8-16-17(11-14)32-10-9-31-16)20(29)26(21(30)25-22)12-18(27)24-15-6-3-13(4-7-15)19(28)23-2/h3-8,11H,9-10,12H2,1-2H3,(H,23,28)(H,24,27)(H,25,30)/t22-/m1/s1. The second kappa shape index (κ2) is 8.22. The average Bonchev–Trinajstić information content (AvgIpc) is 3.02. The molecule has 0 bridgehead atoms. The molecule has 0 spiro atoms. The molecule has 1 fully saturated rings. The summed E-state index contributed by atoms with van der Waals surface area (Å²) in [7, 11) is 1.52. The van der Waals surface area contributed by atoms with E-state index in [1.807, 2.05) is 0 Å². The van der Waals surface area contributed by atoms with Crippen molar-refractivity contribution < 1.29 is 28.7 Å². The van der Waals surface area contributed by atoms with Gasteiger partial charge >= 0.3 is 6.03 Å². The van der Waals surface area contributed by atoms with Crippen molar-refractivity contribution in [3.8, 4) is 11.5 Å². The molecule has 2 heterocycles. The third-order valence-corrected chi connectivity index (χ3v) is 5.35. The first-order chi connectivity index (χ1) is 15.3. The Morgan fingerprint density at radius 3 is 2.44 bits per heavy atom. The fourth-order valence-electron chi connectivity index (χ4n) is 3.58. The molecule has 10 nitrogen and oxygen atoms in total. The topological polar surface area (TPSA) is 126 Å². The molecule has 0 radical (unpaired) electrons. The summed E-state index contributed by atoms with van der Waals surface area (Å²) < 4.78 is 11.1. The zero-order valence-corrected chi connectivity index (χ0v) is 17.6. The molecule has 0 unspecified atom stereocenters. The summed E-state index contributed by atoms with van der Waals surface area (Å²) in [5.74, 6) is -0.287. The Kier molecular flexibility index (Phi) is 5.43. The molecule has 166 valence electrons. The number of anilines is 1. The van der Waals surface area contributed by atoms with Gasteiger partial charge in [0.2, 0.25) is 5.91 Å². The van der Waals surface area contributed by atoms with Gasteiger partial charge in [0.25, 0.3) is 11.8 Å². The second-order valence-corrected chi connectivity index (χ2v) is 7.51. The van der Waals surface area contributed by atoms with E-state index in [-0.39, 0.29) is 5.91 Å². The molecule has 2 aliphatic heterocycles. The molecule has 3 N–H and O–H groups in total. The lowest BCUT2D eigenvalue weighted by Gasteiger charge is -2.25. The number of amides is 5. The van der Waals surface area contributed by atoms with E-state index in [0.717, 1.165) is 4.90 Å². The Labute approximate surface area is 183 Å². The molecule has 32 heavy (non-hydrogen) atoms. The van der Waals surface area contributed by atoms with Gasteiger partial charge < -0.3 is 25.4 Å². The van der Waals surface area contributed by atoms with Crippen LogP contribution in [0.2, 0.25) is 0 Å². The third kappa shape index (κ3) is 3.82. The monoisotopic (exact) mass is 438 g/mol. The van der Waals surface area contributed by atoms with Gasteiger partial charge in [-0.15, -0.1) is 0 Å². The summed E-state index contributed by atoms with van der Waals surface area (Å²) in [6.07, 6.45) is 0. The quantitative estimate of drug-likeness (QED) is 0.603. The lowest BCUT2D eigenvalue weighted by atomic mass is 9.91. The number of nitrogens with zero attached hydrogens (tertiary/aromatic N) is 1. The van der Waals surface area contributed by atoms with Gasteiger partial charge in [-0.05, 0) is 48.9 Å². The van der Waals surface area contributed by atoms with E-state index in [9.17, 15) is 19.2 Å². The normalized spacial score (nSPS) is 19.4. The Hall–Kier alpha value is -4.08. The van der Waals surface area contributed by atoms with E-state index in [1.165, 1.54) is 7.05 Å². The predicted molar refractivity (Wildman–Crippen MR) is 113 cm³/mol. The van der Waals surface area contributed by atoms with E-state index in [1.54, 1.807) is 49.4 Å². The van der Waals surface area contributed by atoms with Crippen LogP contribution in [0.15, 0.2) is 42.5 Å². The van der Waals surface area contributed by atoms with Crippen LogP contribution in [0.4, 0.5) is 10.5 Å². The molecule has 0 saturated carbocycles. The average molecular weight is 438 g/mol. The number of rotatable bonds is 5. The van der Waals surface area contributed by atoms with Crippen molar-refractivity contribution in [1.29, 1.82) is 0 Å². The van der Waals surface area contributed by atoms with E-state index in [4.69, 9.17) is 9.47 Å². The van der Waals surface area contributed by atoms with Crippen LogP contribution in [0.5, 0.6) is 11.5 Å². The molecular formula is C22H22N4O6. The molecule has 1 atom stereocenters. The van der Waals surface area contributed by atoms with Crippen LogP contribution in [0.25, 0.3) is 0 Å². The SMILES string of the molecule is CNC(=O)c1ccc(NC(=O)CN2C(=O)N[C@](C)(c3ccc4c(c3)OCCO4)C2=O)cc1. The van der Waals surface area contributed by atoms with Gasteiger partial charge in [-0.1, -0.05) is 6.07 Å². The van der Waals surface area contributed by atoms with E-state index in [0.29, 0.717) is 41.5 Å². The number of urea groups is 1. The van der Waals surface area contributed by atoms with Crippen molar-refractivity contribution in [3.05, 3.63) is 53.6 Å². The fraction of sp³-hybridized carbons (Fsp3) is 0.273. The van der Waals surface area contributed by atoms with Gasteiger partial charge in [0.1, 0.15) is 25.3 Å². The summed E-state index contributed by atoms with van der Waals surface area (Å²) in [6, 6.07) is 10.6. The van der Waals surface area contributed by atoms with Crippen LogP contribution in [0, 0.1) is 0 Å². The fourth-order valence-corrected chi connectivity index (χ4v) is 3.58. The number of hydrogen-bond acceptors (Lipinski definition) is 6. The highest BCUT2D eigenvalue weighted by Gasteiger charge is 2.49. The van der Waals surface area contributed by atoms with Crippen LogP contribution >= 0.6 is 0 Å². The van der Waals surface area contributed by atoms with Crippen molar-refractivity contribution in [1.82, 2.24) is 15.5 Å². The van der Waals surface area contributed by atoms with Crippen molar-refractivity contribution in [2.75, 3.05) is 32.1 Å². The third-order valence-electron chi connectivity index (χ3n) is 5.35. The van der Waals surface area contributed by atoms with Crippen LogP contribution in [-0.2, 0) is 15.1 Å². The summed E-state index contributed by atoms with van der Waals surface area (Å²) in [4.78, 5) is 50.6.